The molecule has 0 saturated heterocycles. The Bertz CT molecular complexity index is 708. The molecule has 4 heteroatoms. The molecular formula is C17H16N2O2. The summed E-state index contributed by atoms with van der Waals surface area (Å²) in [6.45, 7) is 0. The van der Waals surface area contributed by atoms with Crippen LogP contribution in [0.25, 0.3) is 0 Å². The van der Waals surface area contributed by atoms with Gasteiger partial charge in [-0.1, -0.05) is 53.7 Å². The van der Waals surface area contributed by atoms with E-state index in [1.54, 1.807) is 12.1 Å². The lowest BCUT2D eigenvalue weighted by molar-refractivity contribution is 0.377. The van der Waals surface area contributed by atoms with Crippen molar-refractivity contribution in [3.05, 3.63) is 77.4 Å². The maximum Gasteiger partial charge on any atom is 0.231 e. The molecule has 1 aromatic heterocycles. The number of benzene rings is 2. The van der Waals surface area contributed by atoms with Crippen LogP contribution >= 0.6 is 0 Å². The lowest BCUT2D eigenvalue weighted by Gasteiger charge is -1.99. The van der Waals surface area contributed by atoms with Gasteiger partial charge in [0.15, 0.2) is 5.82 Å². The Kier molecular flexibility index (Phi) is 3.96. The lowest BCUT2D eigenvalue weighted by Crippen LogP contribution is -1.94. The molecule has 106 valence electrons. The molecule has 0 aliphatic carbocycles. The predicted octanol–water partition coefficient (Wildman–Crippen LogP) is 3.15. The van der Waals surface area contributed by atoms with E-state index in [1.807, 2.05) is 30.3 Å². The molecule has 3 rings (SSSR count). The van der Waals surface area contributed by atoms with Crippen LogP contribution in [0.2, 0.25) is 0 Å². The van der Waals surface area contributed by atoms with Gasteiger partial charge in [0.25, 0.3) is 0 Å². The topological polar surface area (TPSA) is 59.2 Å². The molecule has 1 N–H and O–H groups in total. The van der Waals surface area contributed by atoms with Crippen LogP contribution in [0, 0.1) is 0 Å². The van der Waals surface area contributed by atoms with Gasteiger partial charge in [-0.25, -0.2) is 0 Å². The van der Waals surface area contributed by atoms with Gasteiger partial charge in [-0.15, -0.1) is 0 Å². The summed E-state index contributed by atoms with van der Waals surface area (Å²) in [7, 11) is 0. The van der Waals surface area contributed by atoms with Crippen molar-refractivity contribution in [3.63, 3.8) is 0 Å². The van der Waals surface area contributed by atoms with Gasteiger partial charge in [0, 0.05) is 12.0 Å². The predicted molar refractivity (Wildman–Crippen MR) is 79.1 cm³/mol. The molecule has 0 saturated carbocycles. The third-order valence-electron chi connectivity index (χ3n) is 3.32. The fraction of sp³-hybridized carbons (Fsp3) is 0.176. The highest BCUT2D eigenvalue weighted by molar-refractivity contribution is 5.33. The number of aromatic hydroxyl groups is 1. The van der Waals surface area contributed by atoms with Gasteiger partial charge in [-0.2, -0.15) is 4.98 Å². The average Bonchev–Trinajstić information content (AvgIpc) is 2.96. The average molecular weight is 280 g/mol. The highest BCUT2D eigenvalue weighted by Gasteiger charge is 2.09. The molecule has 21 heavy (non-hydrogen) atoms. The lowest BCUT2D eigenvalue weighted by atomic mass is 10.1. The number of para-hydroxylation sites is 1. The van der Waals surface area contributed by atoms with Crippen LogP contribution in [0.5, 0.6) is 5.75 Å². The minimum Gasteiger partial charge on any atom is -0.508 e. The van der Waals surface area contributed by atoms with Crippen LogP contribution < -0.4 is 0 Å². The summed E-state index contributed by atoms with van der Waals surface area (Å²) in [5, 5.41) is 13.7. The van der Waals surface area contributed by atoms with E-state index in [1.165, 1.54) is 5.56 Å². The highest BCUT2D eigenvalue weighted by Crippen LogP contribution is 2.19. The van der Waals surface area contributed by atoms with Crippen molar-refractivity contribution in [2.24, 2.45) is 0 Å². The van der Waals surface area contributed by atoms with Crippen molar-refractivity contribution in [2.75, 3.05) is 0 Å². The molecular weight excluding hydrogens is 264 g/mol. The number of phenolic OH excluding ortho intramolecular Hbond substituents is 1. The third kappa shape index (κ3) is 3.48. The van der Waals surface area contributed by atoms with Crippen LogP contribution in [0.1, 0.15) is 22.8 Å². The number of rotatable bonds is 5. The SMILES string of the molecule is Oc1ccccc1Cc1nc(CCc2ccccc2)no1. The van der Waals surface area contributed by atoms with E-state index in [4.69, 9.17) is 4.52 Å². The van der Waals surface area contributed by atoms with E-state index in [0.29, 0.717) is 18.1 Å². The molecule has 0 radical (unpaired) electrons. The summed E-state index contributed by atoms with van der Waals surface area (Å²) in [4.78, 5) is 4.37. The zero-order valence-electron chi connectivity index (χ0n) is 11.6. The summed E-state index contributed by atoms with van der Waals surface area (Å²) in [5.74, 6) is 1.48. The smallest absolute Gasteiger partial charge is 0.231 e. The van der Waals surface area contributed by atoms with E-state index in [9.17, 15) is 5.11 Å². The van der Waals surface area contributed by atoms with Crippen molar-refractivity contribution < 1.29 is 9.63 Å². The quantitative estimate of drug-likeness (QED) is 0.780. The summed E-state index contributed by atoms with van der Waals surface area (Å²) in [6.07, 6.45) is 2.08. The number of phenols is 1. The van der Waals surface area contributed by atoms with Gasteiger partial charge in [0.1, 0.15) is 5.75 Å². The molecule has 3 aromatic rings. The van der Waals surface area contributed by atoms with Gasteiger partial charge in [0.05, 0.1) is 6.42 Å². The third-order valence-corrected chi connectivity index (χ3v) is 3.32. The minimum atomic E-state index is 0.251. The molecule has 0 atom stereocenters. The summed E-state index contributed by atoms with van der Waals surface area (Å²) >= 11 is 0. The molecule has 2 aromatic carbocycles. The fourth-order valence-corrected chi connectivity index (χ4v) is 2.19. The Morgan fingerprint density at radius 2 is 1.67 bits per heavy atom. The van der Waals surface area contributed by atoms with Crippen LogP contribution in [-0.2, 0) is 19.3 Å². The van der Waals surface area contributed by atoms with Gasteiger partial charge in [-0.3, -0.25) is 0 Å². The molecule has 0 bridgehead atoms. The highest BCUT2D eigenvalue weighted by atomic mass is 16.5. The number of nitrogens with zero attached hydrogens (tertiary/aromatic N) is 2. The molecule has 0 spiro atoms. The van der Waals surface area contributed by atoms with Gasteiger partial charge >= 0.3 is 0 Å². The second-order valence-corrected chi connectivity index (χ2v) is 4.90. The second kappa shape index (κ2) is 6.22. The van der Waals surface area contributed by atoms with Gasteiger partial charge in [0.2, 0.25) is 5.89 Å². The van der Waals surface area contributed by atoms with E-state index >= 15 is 0 Å². The van der Waals surface area contributed by atoms with E-state index in [0.717, 1.165) is 18.4 Å². The monoisotopic (exact) mass is 280 g/mol. The van der Waals surface area contributed by atoms with E-state index in [2.05, 4.69) is 22.3 Å². The molecule has 0 fully saturated rings. The summed E-state index contributed by atoms with van der Waals surface area (Å²) in [5.41, 5.74) is 2.04. The number of aryl methyl sites for hydroxylation is 2. The first-order valence-corrected chi connectivity index (χ1v) is 6.93. The first-order valence-electron chi connectivity index (χ1n) is 6.93. The Balaban J connectivity index is 1.63. The molecule has 1 heterocycles. The van der Waals surface area contributed by atoms with Crippen LogP contribution in [0.4, 0.5) is 0 Å². The fourth-order valence-electron chi connectivity index (χ4n) is 2.19. The van der Waals surface area contributed by atoms with Crippen LogP contribution in [-0.4, -0.2) is 15.2 Å². The largest absolute Gasteiger partial charge is 0.508 e. The summed E-state index contributed by atoms with van der Waals surface area (Å²) < 4.78 is 5.24. The first kappa shape index (κ1) is 13.4. The number of hydrogen-bond donors (Lipinski definition) is 1. The Labute approximate surface area is 123 Å². The maximum atomic E-state index is 9.74. The number of hydrogen-bond acceptors (Lipinski definition) is 4. The van der Waals surface area contributed by atoms with Crippen molar-refractivity contribution in [2.45, 2.75) is 19.3 Å². The van der Waals surface area contributed by atoms with Crippen LogP contribution in [0.3, 0.4) is 0 Å². The van der Waals surface area contributed by atoms with Crippen molar-refractivity contribution in [1.82, 2.24) is 10.1 Å². The van der Waals surface area contributed by atoms with Crippen molar-refractivity contribution >= 4 is 0 Å². The zero-order chi connectivity index (χ0) is 14.5. The molecule has 0 aliphatic rings. The van der Waals surface area contributed by atoms with Crippen molar-refractivity contribution in [3.8, 4) is 5.75 Å². The maximum absolute atomic E-state index is 9.74. The molecule has 0 unspecified atom stereocenters. The minimum absolute atomic E-state index is 0.251. The van der Waals surface area contributed by atoms with E-state index < -0.39 is 0 Å². The molecule has 0 aliphatic heterocycles. The van der Waals surface area contributed by atoms with Gasteiger partial charge in [-0.05, 0) is 18.1 Å². The standard InChI is InChI=1S/C17H16N2O2/c20-15-9-5-4-8-14(15)12-17-18-16(19-21-17)11-10-13-6-2-1-3-7-13/h1-9,20H,10-12H2. The summed E-state index contributed by atoms with van der Waals surface area (Å²) in [6, 6.07) is 17.4. The Hall–Kier alpha value is -2.62. The first-order chi connectivity index (χ1) is 10.3. The van der Waals surface area contributed by atoms with Crippen LogP contribution in [0.15, 0.2) is 59.1 Å². The second-order valence-electron chi connectivity index (χ2n) is 4.90. The molecule has 4 nitrogen and oxygen atoms in total. The van der Waals surface area contributed by atoms with Crippen molar-refractivity contribution in [1.29, 1.82) is 0 Å². The normalized spacial score (nSPS) is 10.7. The zero-order valence-corrected chi connectivity index (χ0v) is 11.6. The van der Waals surface area contributed by atoms with Gasteiger partial charge < -0.3 is 9.63 Å². The molecule has 0 amide bonds. The van der Waals surface area contributed by atoms with E-state index in [-0.39, 0.29) is 5.75 Å². The Morgan fingerprint density at radius 1 is 0.905 bits per heavy atom. The number of aromatic nitrogens is 2. The Morgan fingerprint density at radius 3 is 2.48 bits per heavy atom.